The maximum absolute atomic E-state index is 10.9. The molecular weight excluding hydrogens is 194 g/mol. The lowest BCUT2D eigenvalue weighted by Crippen LogP contribution is -2.43. The highest BCUT2D eigenvalue weighted by molar-refractivity contribution is 5.73. The Balaban J connectivity index is 4.06. The van der Waals surface area contributed by atoms with E-state index in [1.807, 2.05) is 13.8 Å². The van der Waals surface area contributed by atoms with Crippen LogP contribution in [0.1, 0.15) is 46.0 Å². The van der Waals surface area contributed by atoms with Crippen LogP contribution in [0.3, 0.4) is 0 Å². The highest BCUT2D eigenvalue weighted by Gasteiger charge is 2.19. The van der Waals surface area contributed by atoms with Gasteiger partial charge in [-0.2, -0.15) is 0 Å². The largest absolute Gasteiger partial charge is 0.480 e. The third kappa shape index (κ3) is 6.47. The van der Waals surface area contributed by atoms with Crippen LogP contribution in [0.15, 0.2) is 0 Å². The number of aliphatic carboxylic acids is 1. The predicted octanol–water partition coefficient (Wildman–Crippen LogP) is 1.38. The number of hydrogen-bond acceptors (Lipinski definition) is 3. The van der Waals surface area contributed by atoms with E-state index in [9.17, 15) is 4.79 Å². The van der Waals surface area contributed by atoms with Crippen molar-refractivity contribution >= 4 is 5.97 Å². The highest BCUT2D eigenvalue weighted by atomic mass is 16.4. The Bertz CT molecular complexity index is 173. The van der Waals surface area contributed by atoms with Crippen LogP contribution in [-0.2, 0) is 4.79 Å². The van der Waals surface area contributed by atoms with Crippen LogP contribution in [0.5, 0.6) is 0 Å². The monoisotopic (exact) mass is 217 g/mol. The number of aliphatic hydroxyl groups is 1. The minimum Gasteiger partial charge on any atom is -0.480 e. The second kappa shape index (κ2) is 8.68. The maximum atomic E-state index is 10.9. The van der Waals surface area contributed by atoms with Crippen molar-refractivity contribution in [3.63, 3.8) is 0 Å². The zero-order chi connectivity index (χ0) is 11.7. The van der Waals surface area contributed by atoms with Gasteiger partial charge in [-0.05, 0) is 19.3 Å². The van der Waals surface area contributed by atoms with Gasteiger partial charge in [0.25, 0.3) is 0 Å². The van der Waals surface area contributed by atoms with E-state index in [-0.39, 0.29) is 12.6 Å². The van der Waals surface area contributed by atoms with E-state index < -0.39 is 12.0 Å². The molecule has 0 aliphatic carbocycles. The van der Waals surface area contributed by atoms with Gasteiger partial charge in [0.2, 0.25) is 0 Å². The fourth-order valence-corrected chi connectivity index (χ4v) is 1.53. The lowest BCUT2D eigenvalue weighted by Gasteiger charge is -2.21. The van der Waals surface area contributed by atoms with Gasteiger partial charge in [-0.1, -0.05) is 26.7 Å². The third-order valence-electron chi connectivity index (χ3n) is 2.55. The van der Waals surface area contributed by atoms with Crippen LogP contribution < -0.4 is 5.32 Å². The zero-order valence-electron chi connectivity index (χ0n) is 9.70. The summed E-state index contributed by atoms with van der Waals surface area (Å²) in [6, 6.07) is -0.366. The first kappa shape index (κ1) is 14.4. The molecule has 0 aromatic carbocycles. The van der Waals surface area contributed by atoms with Gasteiger partial charge in [-0.15, -0.1) is 0 Å². The van der Waals surface area contributed by atoms with Gasteiger partial charge in [0, 0.05) is 12.6 Å². The Morgan fingerprint density at radius 1 is 1.33 bits per heavy atom. The van der Waals surface area contributed by atoms with E-state index in [1.165, 1.54) is 0 Å². The molecule has 0 aliphatic heterocycles. The molecule has 3 N–H and O–H groups in total. The van der Waals surface area contributed by atoms with Crippen LogP contribution in [0.25, 0.3) is 0 Å². The Hall–Kier alpha value is -0.610. The number of carboxylic acids is 1. The molecule has 0 spiro atoms. The second-order valence-corrected chi connectivity index (χ2v) is 3.82. The Kier molecular flexibility index (Phi) is 8.33. The molecule has 0 heterocycles. The quantitative estimate of drug-likeness (QED) is 0.545. The van der Waals surface area contributed by atoms with E-state index in [2.05, 4.69) is 5.32 Å². The standard InChI is InChI=1S/C11H23NO3/c1-3-5-6-10(11(14)15)12-9(4-2)7-8-13/h9-10,12-13H,3-8H2,1-2H3,(H,14,15). The Morgan fingerprint density at radius 3 is 2.40 bits per heavy atom. The van der Waals surface area contributed by atoms with Gasteiger partial charge < -0.3 is 15.5 Å². The molecule has 0 rings (SSSR count). The second-order valence-electron chi connectivity index (χ2n) is 3.82. The number of carboxylic acid groups (broad SMARTS) is 1. The van der Waals surface area contributed by atoms with Crippen molar-refractivity contribution in [1.29, 1.82) is 0 Å². The third-order valence-corrected chi connectivity index (χ3v) is 2.55. The van der Waals surface area contributed by atoms with Crippen LogP contribution in [0.4, 0.5) is 0 Å². The van der Waals surface area contributed by atoms with E-state index in [0.29, 0.717) is 12.8 Å². The van der Waals surface area contributed by atoms with Gasteiger partial charge >= 0.3 is 5.97 Å². The van der Waals surface area contributed by atoms with E-state index >= 15 is 0 Å². The zero-order valence-corrected chi connectivity index (χ0v) is 9.70. The van der Waals surface area contributed by atoms with Crippen molar-refractivity contribution in [2.24, 2.45) is 0 Å². The SMILES string of the molecule is CCCCC(NC(CC)CCO)C(=O)O. The number of hydrogen-bond donors (Lipinski definition) is 3. The van der Waals surface area contributed by atoms with Crippen molar-refractivity contribution in [3.05, 3.63) is 0 Å². The molecule has 0 radical (unpaired) electrons. The van der Waals surface area contributed by atoms with Crippen molar-refractivity contribution in [1.82, 2.24) is 5.32 Å². The van der Waals surface area contributed by atoms with E-state index in [1.54, 1.807) is 0 Å². The van der Waals surface area contributed by atoms with Crippen LogP contribution in [0.2, 0.25) is 0 Å². The average Bonchev–Trinajstić information content (AvgIpc) is 2.22. The molecular formula is C11H23NO3. The van der Waals surface area contributed by atoms with Gasteiger partial charge in [-0.25, -0.2) is 0 Å². The molecule has 4 nitrogen and oxygen atoms in total. The normalized spacial score (nSPS) is 14.9. The Labute approximate surface area is 91.7 Å². The summed E-state index contributed by atoms with van der Waals surface area (Å²) in [5.41, 5.74) is 0. The molecule has 0 saturated heterocycles. The summed E-state index contributed by atoms with van der Waals surface area (Å²) >= 11 is 0. The molecule has 0 bridgehead atoms. The molecule has 0 fully saturated rings. The summed E-state index contributed by atoms with van der Waals surface area (Å²) in [7, 11) is 0. The molecule has 90 valence electrons. The van der Waals surface area contributed by atoms with Crippen molar-refractivity contribution in [2.45, 2.75) is 58.0 Å². The minimum absolute atomic E-state index is 0.103. The summed E-state index contributed by atoms with van der Waals surface area (Å²) < 4.78 is 0. The molecule has 0 amide bonds. The number of rotatable bonds is 9. The first-order chi connectivity index (χ1) is 7.15. The molecule has 0 aliphatic rings. The number of nitrogens with one attached hydrogen (secondary N) is 1. The highest BCUT2D eigenvalue weighted by Crippen LogP contribution is 2.05. The number of carbonyl (C=O) groups is 1. The minimum atomic E-state index is -0.792. The molecule has 15 heavy (non-hydrogen) atoms. The van der Waals surface area contributed by atoms with E-state index in [4.69, 9.17) is 10.2 Å². The first-order valence-electron chi connectivity index (χ1n) is 5.75. The van der Waals surface area contributed by atoms with Crippen LogP contribution in [-0.4, -0.2) is 34.9 Å². The molecule has 4 heteroatoms. The summed E-state index contributed by atoms with van der Waals surface area (Å²) in [6.45, 7) is 4.14. The van der Waals surface area contributed by atoms with Gasteiger partial charge in [0.1, 0.15) is 6.04 Å². The predicted molar refractivity (Wildman–Crippen MR) is 59.9 cm³/mol. The first-order valence-corrected chi connectivity index (χ1v) is 5.75. The van der Waals surface area contributed by atoms with Crippen molar-refractivity contribution in [2.75, 3.05) is 6.61 Å². The summed E-state index contributed by atoms with van der Waals surface area (Å²) in [5, 5.41) is 20.9. The summed E-state index contributed by atoms with van der Waals surface area (Å²) in [5.74, 6) is -0.792. The lowest BCUT2D eigenvalue weighted by atomic mass is 10.1. The van der Waals surface area contributed by atoms with Gasteiger partial charge in [0.15, 0.2) is 0 Å². The van der Waals surface area contributed by atoms with Crippen molar-refractivity contribution in [3.8, 4) is 0 Å². The topological polar surface area (TPSA) is 69.6 Å². The molecule has 0 aromatic rings. The van der Waals surface area contributed by atoms with E-state index in [0.717, 1.165) is 19.3 Å². The lowest BCUT2D eigenvalue weighted by molar-refractivity contribution is -0.140. The van der Waals surface area contributed by atoms with Crippen LogP contribution in [0, 0.1) is 0 Å². The molecule has 2 unspecified atom stereocenters. The molecule has 0 aromatic heterocycles. The maximum Gasteiger partial charge on any atom is 0.320 e. The van der Waals surface area contributed by atoms with Crippen molar-refractivity contribution < 1.29 is 15.0 Å². The van der Waals surface area contributed by atoms with Crippen LogP contribution >= 0.6 is 0 Å². The van der Waals surface area contributed by atoms with Gasteiger partial charge in [0.05, 0.1) is 0 Å². The number of aliphatic hydroxyl groups excluding tert-OH is 1. The Morgan fingerprint density at radius 2 is 2.00 bits per heavy atom. The average molecular weight is 217 g/mol. The molecule has 2 atom stereocenters. The van der Waals surface area contributed by atoms with Gasteiger partial charge in [-0.3, -0.25) is 4.79 Å². The molecule has 0 saturated carbocycles. The fraction of sp³-hybridized carbons (Fsp3) is 0.909. The number of unbranched alkanes of at least 4 members (excludes halogenated alkanes) is 1. The fourth-order valence-electron chi connectivity index (χ4n) is 1.53. The summed E-state index contributed by atoms with van der Waals surface area (Å²) in [4.78, 5) is 10.9. The smallest absolute Gasteiger partial charge is 0.320 e. The summed E-state index contributed by atoms with van der Waals surface area (Å²) in [6.07, 6.45) is 4.04.